The highest BCUT2D eigenvalue weighted by Gasteiger charge is 2.29. The first-order chi connectivity index (χ1) is 5.80. The maximum atomic E-state index is 11.7. The van der Waals surface area contributed by atoms with E-state index in [2.05, 4.69) is 15.9 Å². The van der Waals surface area contributed by atoms with Gasteiger partial charge in [0.15, 0.2) is 0 Å². The van der Waals surface area contributed by atoms with Gasteiger partial charge in [-0.05, 0) is 20.8 Å². The van der Waals surface area contributed by atoms with Crippen LogP contribution in [0.2, 0.25) is 0 Å². The molecule has 4 heteroatoms. The minimum atomic E-state index is -0.550. The molecule has 0 aliphatic carbocycles. The zero-order valence-electron chi connectivity index (χ0n) is 8.47. The average Bonchev–Trinajstić information content (AvgIpc) is 2.00. The zero-order chi connectivity index (χ0) is 10.6. The monoisotopic (exact) mass is 246 g/mol. The summed E-state index contributed by atoms with van der Waals surface area (Å²) in [5.41, 5.74) is 0. The molecule has 0 spiro atoms. The third-order valence-electron chi connectivity index (χ3n) is 1.88. The first kappa shape index (κ1) is 12.4. The molecule has 1 unspecified atom stereocenters. The van der Waals surface area contributed by atoms with Gasteiger partial charge in [0.25, 0.3) is 0 Å². The molecule has 0 heterocycles. The molecule has 3 nitrogen and oxygen atoms in total. The summed E-state index contributed by atoms with van der Waals surface area (Å²) >= 11 is 3.29. The third-order valence-corrected chi connectivity index (χ3v) is 2.22. The summed E-state index contributed by atoms with van der Waals surface area (Å²) in [5, 5.41) is 8.47. The van der Waals surface area contributed by atoms with Crippen molar-refractivity contribution < 1.29 is 4.79 Å². The van der Waals surface area contributed by atoms with Gasteiger partial charge in [-0.3, -0.25) is 4.79 Å². The molecule has 0 saturated heterocycles. The first-order valence-electron chi connectivity index (χ1n) is 4.13. The molecule has 0 aliphatic rings. The van der Waals surface area contributed by atoms with Crippen LogP contribution < -0.4 is 0 Å². The van der Waals surface area contributed by atoms with Gasteiger partial charge in [-0.15, -0.1) is 0 Å². The fraction of sp³-hybridized carbons (Fsp3) is 0.778. The number of halogens is 1. The Morgan fingerprint density at radius 3 is 2.46 bits per heavy atom. The lowest BCUT2D eigenvalue weighted by atomic mass is 10.1. The van der Waals surface area contributed by atoms with E-state index in [0.717, 1.165) is 0 Å². The normalized spacial score (nSPS) is 13.2. The number of amides is 1. The van der Waals surface area contributed by atoms with Crippen LogP contribution in [0.5, 0.6) is 0 Å². The van der Waals surface area contributed by atoms with Crippen molar-refractivity contribution in [3.63, 3.8) is 0 Å². The van der Waals surface area contributed by atoms with E-state index in [0.29, 0.717) is 6.42 Å². The molecule has 0 saturated carbocycles. The van der Waals surface area contributed by atoms with Crippen molar-refractivity contribution in [1.29, 1.82) is 5.26 Å². The molecule has 0 rings (SSSR count). The van der Waals surface area contributed by atoms with Gasteiger partial charge >= 0.3 is 0 Å². The number of hydrogen-bond acceptors (Lipinski definition) is 2. The van der Waals surface area contributed by atoms with Crippen molar-refractivity contribution in [2.45, 2.75) is 37.6 Å². The molecule has 0 radical (unpaired) electrons. The standard InChI is InChI=1S/C9H15BrN2O/c1-7(5-6-11)12(4)8(13)9(2,3)10/h7H,5H2,1-4H3. The van der Waals surface area contributed by atoms with Gasteiger partial charge in [0.1, 0.15) is 0 Å². The van der Waals surface area contributed by atoms with E-state index in [-0.39, 0.29) is 11.9 Å². The van der Waals surface area contributed by atoms with E-state index in [1.54, 1.807) is 25.8 Å². The van der Waals surface area contributed by atoms with E-state index in [1.807, 2.05) is 13.0 Å². The molecular weight excluding hydrogens is 232 g/mol. The van der Waals surface area contributed by atoms with E-state index >= 15 is 0 Å². The molecule has 13 heavy (non-hydrogen) atoms. The Morgan fingerprint density at radius 2 is 2.15 bits per heavy atom. The molecular formula is C9H15BrN2O. The Labute approximate surface area is 87.8 Å². The van der Waals surface area contributed by atoms with Gasteiger partial charge in [0.05, 0.1) is 16.8 Å². The number of rotatable bonds is 3. The molecule has 1 atom stereocenters. The predicted molar refractivity (Wildman–Crippen MR) is 55.5 cm³/mol. The van der Waals surface area contributed by atoms with Gasteiger partial charge < -0.3 is 4.90 Å². The van der Waals surface area contributed by atoms with Crippen LogP contribution in [0.4, 0.5) is 0 Å². The molecule has 1 amide bonds. The van der Waals surface area contributed by atoms with Crippen LogP contribution in [0, 0.1) is 11.3 Å². The predicted octanol–water partition coefficient (Wildman–Crippen LogP) is 1.92. The summed E-state index contributed by atoms with van der Waals surface area (Å²) in [5.74, 6) is -0.00440. The second-order valence-electron chi connectivity index (χ2n) is 3.60. The van der Waals surface area contributed by atoms with Crippen LogP contribution in [0.1, 0.15) is 27.2 Å². The Morgan fingerprint density at radius 1 is 1.69 bits per heavy atom. The van der Waals surface area contributed by atoms with Gasteiger partial charge in [-0.25, -0.2) is 0 Å². The molecule has 0 fully saturated rings. The van der Waals surface area contributed by atoms with E-state index in [9.17, 15) is 4.79 Å². The SMILES string of the molecule is CC(CC#N)N(C)C(=O)C(C)(C)Br. The molecule has 74 valence electrons. The maximum Gasteiger partial charge on any atom is 0.238 e. The average molecular weight is 247 g/mol. The molecule has 0 aliphatic heterocycles. The summed E-state index contributed by atoms with van der Waals surface area (Å²) in [6.07, 6.45) is 0.366. The van der Waals surface area contributed by atoms with Crippen molar-refractivity contribution in [1.82, 2.24) is 4.90 Å². The fourth-order valence-corrected chi connectivity index (χ4v) is 1.17. The molecule has 0 aromatic carbocycles. The second-order valence-corrected chi connectivity index (χ2v) is 5.58. The van der Waals surface area contributed by atoms with Crippen molar-refractivity contribution in [2.24, 2.45) is 0 Å². The smallest absolute Gasteiger partial charge is 0.238 e. The fourth-order valence-electron chi connectivity index (χ4n) is 0.889. The topological polar surface area (TPSA) is 44.1 Å². The van der Waals surface area contributed by atoms with E-state index in [4.69, 9.17) is 5.26 Å². The van der Waals surface area contributed by atoms with Gasteiger partial charge in [0, 0.05) is 13.1 Å². The van der Waals surface area contributed by atoms with Gasteiger partial charge in [-0.1, -0.05) is 15.9 Å². The molecule has 0 aromatic rings. The number of carbonyl (C=O) groups is 1. The summed E-state index contributed by atoms with van der Waals surface area (Å²) in [4.78, 5) is 13.2. The summed E-state index contributed by atoms with van der Waals surface area (Å²) in [6, 6.07) is 2.01. The summed E-state index contributed by atoms with van der Waals surface area (Å²) < 4.78 is -0.550. The van der Waals surface area contributed by atoms with Crippen LogP contribution in [-0.4, -0.2) is 28.2 Å². The minimum absolute atomic E-state index is 0.00440. The number of nitrogens with zero attached hydrogens (tertiary/aromatic N) is 2. The Kier molecular flexibility index (Phi) is 4.41. The lowest BCUT2D eigenvalue weighted by molar-refractivity contribution is -0.133. The Hall–Kier alpha value is -0.560. The lowest BCUT2D eigenvalue weighted by Crippen LogP contribution is -2.43. The van der Waals surface area contributed by atoms with Crippen LogP contribution in [0.25, 0.3) is 0 Å². The minimum Gasteiger partial charge on any atom is -0.341 e. The summed E-state index contributed by atoms with van der Waals surface area (Å²) in [6.45, 7) is 5.45. The van der Waals surface area contributed by atoms with Crippen LogP contribution in [0.15, 0.2) is 0 Å². The molecule has 0 aromatic heterocycles. The van der Waals surface area contributed by atoms with Crippen molar-refractivity contribution in [2.75, 3.05) is 7.05 Å². The van der Waals surface area contributed by atoms with Gasteiger partial charge in [0.2, 0.25) is 5.91 Å². The van der Waals surface area contributed by atoms with Crippen molar-refractivity contribution in [3.05, 3.63) is 0 Å². The Bertz CT molecular complexity index is 227. The highest BCUT2D eigenvalue weighted by Crippen LogP contribution is 2.20. The number of carbonyl (C=O) groups excluding carboxylic acids is 1. The largest absolute Gasteiger partial charge is 0.341 e. The van der Waals surface area contributed by atoms with Crippen LogP contribution in [-0.2, 0) is 4.79 Å². The summed E-state index contributed by atoms with van der Waals surface area (Å²) in [7, 11) is 1.72. The van der Waals surface area contributed by atoms with E-state index < -0.39 is 4.32 Å². The quantitative estimate of drug-likeness (QED) is 0.715. The maximum absolute atomic E-state index is 11.7. The molecule has 0 N–H and O–H groups in total. The molecule has 0 bridgehead atoms. The highest BCUT2D eigenvalue weighted by atomic mass is 79.9. The first-order valence-corrected chi connectivity index (χ1v) is 4.93. The number of alkyl halides is 1. The van der Waals surface area contributed by atoms with Crippen molar-refractivity contribution >= 4 is 21.8 Å². The number of hydrogen-bond donors (Lipinski definition) is 0. The van der Waals surface area contributed by atoms with E-state index in [1.165, 1.54) is 0 Å². The third kappa shape index (κ3) is 3.77. The number of nitriles is 1. The zero-order valence-corrected chi connectivity index (χ0v) is 10.1. The van der Waals surface area contributed by atoms with Gasteiger partial charge in [-0.2, -0.15) is 5.26 Å². The Balaban J connectivity index is 4.36. The second kappa shape index (κ2) is 4.61. The highest BCUT2D eigenvalue weighted by molar-refractivity contribution is 9.10. The van der Waals surface area contributed by atoms with Crippen LogP contribution in [0.3, 0.4) is 0 Å². The lowest BCUT2D eigenvalue weighted by Gasteiger charge is -2.28. The van der Waals surface area contributed by atoms with Crippen LogP contribution >= 0.6 is 15.9 Å². The van der Waals surface area contributed by atoms with Crippen molar-refractivity contribution in [3.8, 4) is 6.07 Å².